The molecule has 0 saturated heterocycles. The molecule has 0 aromatic heterocycles. The summed E-state index contributed by atoms with van der Waals surface area (Å²) in [4.78, 5) is 13.3. The van der Waals surface area contributed by atoms with Crippen molar-refractivity contribution in [2.24, 2.45) is 0 Å². The highest BCUT2D eigenvalue weighted by Crippen LogP contribution is 2.36. The van der Waals surface area contributed by atoms with Gasteiger partial charge in [0.25, 0.3) is 5.91 Å². The molecule has 6 heteroatoms. The van der Waals surface area contributed by atoms with Crippen LogP contribution in [0.2, 0.25) is 0 Å². The summed E-state index contributed by atoms with van der Waals surface area (Å²) in [5.74, 6) is 1.50. The summed E-state index contributed by atoms with van der Waals surface area (Å²) in [5, 5.41) is 2.94. The zero-order valence-electron chi connectivity index (χ0n) is 14.0. The largest absolute Gasteiger partial charge is 0.490 e. The Kier molecular flexibility index (Phi) is 5.81. The number of carbonyl (C=O) groups is 1. The molecule has 132 valence electrons. The fraction of sp³-hybridized carbons (Fsp3) is 0.316. The van der Waals surface area contributed by atoms with Crippen molar-refractivity contribution in [3.8, 4) is 11.5 Å². The Morgan fingerprint density at radius 2 is 2.00 bits per heavy atom. The van der Waals surface area contributed by atoms with E-state index in [1.165, 1.54) is 12.1 Å². The first kappa shape index (κ1) is 17.6. The first-order valence-corrected chi connectivity index (χ1v) is 9.22. The maximum absolute atomic E-state index is 13.5. The van der Waals surface area contributed by atoms with Gasteiger partial charge in [-0.1, -0.05) is 12.1 Å². The van der Waals surface area contributed by atoms with Crippen LogP contribution in [0, 0.1) is 5.82 Å². The molecule has 1 aliphatic heterocycles. The first-order valence-electron chi connectivity index (χ1n) is 8.23. The Balaban J connectivity index is 1.62. The average molecular weight is 361 g/mol. The highest BCUT2D eigenvalue weighted by Gasteiger charge is 2.23. The normalized spacial score (nSPS) is 16.0. The number of hydrogen-bond acceptors (Lipinski definition) is 4. The van der Waals surface area contributed by atoms with Gasteiger partial charge in [-0.15, -0.1) is 11.8 Å². The summed E-state index contributed by atoms with van der Waals surface area (Å²) in [5.41, 5.74) is 0.833. The van der Waals surface area contributed by atoms with Crippen LogP contribution in [0.5, 0.6) is 11.5 Å². The molecule has 0 bridgehead atoms. The average Bonchev–Trinajstić information content (AvgIpc) is 2.62. The molecule has 1 aliphatic rings. The second kappa shape index (κ2) is 8.25. The van der Waals surface area contributed by atoms with E-state index >= 15 is 0 Å². The number of para-hydroxylation sites is 2. The monoisotopic (exact) mass is 361 g/mol. The molecule has 0 saturated carbocycles. The summed E-state index contributed by atoms with van der Waals surface area (Å²) < 4.78 is 24.6. The van der Waals surface area contributed by atoms with Gasteiger partial charge in [0, 0.05) is 10.6 Å². The van der Waals surface area contributed by atoms with Gasteiger partial charge < -0.3 is 14.8 Å². The Labute approximate surface area is 150 Å². The minimum absolute atomic E-state index is 0.113. The highest BCUT2D eigenvalue weighted by atomic mass is 32.2. The number of benzene rings is 2. The molecule has 2 aromatic rings. The Bertz CT molecular complexity index is 753. The van der Waals surface area contributed by atoms with Crippen molar-refractivity contribution in [3.63, 3.8) is 0 Å². The zero-order valence-corrected chi connectivity index (χ0v) is 14.8. The number of fused-ring (bicyclic) bond motifs is 1. The van der Waals surface area contributed by atoms with Crippen LogP contribution in [0.15, 0.2) is 47.4 Å². The summed E-state index contributed by atoms with van der Waals surface area (Å²) in [6, 6.07) is 11.8. The van der Waals surface area contributed by atoms with Crippen LogP contribution in [0.3, 0.4) is 0 Å². The molecule has 1 heterocycles. The van der Waals surface area contributed by atoms with E-state index in [4.69, 9.17) is 9.47 Å². The minimum Gasteiger partial charge on any atom is -0.490 e. The van der Waals surface area contributed by atoms with Gasteiger partial charge in [-0.25, -0.2) is 4.39 Å². The lowest BCUT2D eigenvalue weighted by Gasteiger charge is -2.26. The molecule has 25 heavy (non-hydrogen) atoms. The molecule has 4 nitrogen and oxygen atoms in total. The van der Waals surface area contributed by atoms with Gasteiger partial charge in [-0.05, 0) is 49.2 Å². The lowest BCUT2D eigenvalue weighted by Crippen LogP contribution is -2.34. The van der Waals surface area contributed by atoms with Crippen molar-refractivity contribution >= 4 is 17.7 Å². The van der Waals surface area contributed by atoms with Gasteiger partial charge in [0.1, 0.15) is 5.82 Å². The molecule has 1 amide bonds. The summed E-state index contributed by atoms with van der Waals surface area (Å²) >= 11 is 1.68. The van der Waals surface area contributed by atoms with Gasteiger partial charge in [0.2, 0.25) is 0 Å². The quantitative estimate of drug-likeness (QED) is 0.846. The third kappa shape index (κ3) is 4.45. The van der Waals surface area contributed by atoms with Crippen molar-refractivity contribution in [2.45, 2.75) is 24.3 Å². The molecule has 1 N–H and O–H groups in total. The Morgan fingerprint density at radius 3 is 2.76 bits per heavy atom. The topological polar surface area (TPSA) is 47.6 Å². The summed E-state index contributed by atoms with van der Waals surface area (Å²) in [6.07, 6.45) is 0.766. The Morgan fingerprint density at radius 1 is 1.24 bits per heavy atom. The lowest BCUT2D eigenvalue weighted by atomic mass is 10.0. The SMILES string of the molecule is CCOc1ccccc1OCC(=O)NC1CCSc2ccc(F)cc21. The van der Waals surface area contributed by atoms with Crippen molar-refractivity contribution in [1.29, 1.82) is 0 Å². The van der Waals surface area contributed by atoms with Crippen LogP contribution in [-0.4, -0.2) is 24.9 Å². The van der Waals surface area contributed by atoms with E-state index in [-0.39, 0.29) is 24.4 Å². The number of hydrogen-bond donors (Lipinski definition) is 1. The fourth-order valence-electron chi connectivity index (χ4n) is 2.74. The fourth-order valence-corrected chi connectivity index (χ4v) is 3.84. The third-order valence-corrected chi connectivity index (χ3v) is 4.98. The van der Waals surface area contributed by atoms with E-state index in [0.717, 1.165) is 22.6 Å². The standard InChI is InChI=1S/C19H20FNO3S/c1-2-23-16-5-3-4-6-17(16)24-12-19(22)21-15-9-10-25-18-8-7-13(20)11-14(15)18/h3-8,11,15H,2,9-10,12H2,1H3,(H,21,22). The summed E-state index contributed by atoms with van der Waals surface area (Å²) in [7, 11) is 0. The molecule has 0 spiro atoms. The van der Waals surface area contributed by atoms with Gasteiger partial charge in [-0.2, -0.15) is 0 Å². The maximum atomic E-state index is 13.5. The predicted octanol–water partition coefficient (Wildman–Crippen LogP) is 3.96. The van der Waals surface area contributed by atoms with E-state index in [1.807, 2.05) is 19.1 Å². The zero-order chi connectivity index (χ0) is 17.6. The maximum Gasteiger partial charge on any atom is 0.258 e. The van der Waals surface area contributed by atoms with Crippen molar-refractivity contribution < 1.29 is 18.7 Å². The van der Waals surface area contributed by atoms with E-state index in [2.05, 4.69) is 5.32 Å². The number of carbonyl (C=O) groups excluding carboxylic acids is 1. The Hall–Kier alpha value is -2.21. The predicted molar refractivity (Wildman–Crippen MR) is 95.7 cm³/mol. The van der Waals surface area contributed by atoms with Crippen molar-refractivity contribution in [2.75, 3.05) is 19.0 Å². The van der Waals surface area contributed by atoms with Gasteiger partial charge in [0.05, 0.1) is 12.6 Å². The van der Waals surface area contributed by atoms with Gasteiger partial charge >= 0.3 is 0 Å². The van der Waals surface area contributed by atoms with Crippen LogP contribution in [0.25, 0.3) is 0 Å². The van der Waals surface area contributed by atoms with Crippen LogP contribution in [0.4, 0.5) is 4.39 Å². The number of nitrogens with one attached hydrogen (secondary N) is 1. The number of rotatable bonds is 6. The first-order chi connectivity index (χ1) is 12.2. The minimum atomic E-state index is -0.289. The van der Waals surface area contributed by atoms with E-state index in [1.54, 1.807) is 30.0 Å². The van der Waals surface area contributed by atoms with E-state index in [0.29, 0.717) is 18.1 Å². The third-order valence-electron chi connectivity index (χ3n) is 3.85. The van der Waals surface area contributed by atoms with Gasteiger partial charge in [0.15, 0.2) is 18.1 Å². The molecule has 0 radical (unpaired) electrons. The van der Waals surface area contributed by atoms with Crippen LogP contribution in [0.1, 0.15) is 24.9 Å². The molecular weight excluding hydrogens is 341 g/mol. The number of amides is 1. The second-order valence-corrected chi connectivity index (χ2v) is 6.74. The lowest BCUT2D eigenvalue weighted by molar-refractivity contribution is -0.123. The highest BCUT2D eigenvalue weighted by molar-refractivity contribution is 7.99. The summed E-state index contributed by atoms with van der Waals surface area (Å²) in [6.45, 7) is 2.30. The smallest absolute Gasteiger partial charge is 0.258 e. The van der Waals surface area contributed by atoms with Crippen molar-refractivity contribution in [1.82, 2.24) is 5.32 Å². The number of ether oxygens (including phenoxy) is 2. The molecule has 1 atom stereocenters. The van der Waals surface area contributed by atoms with Crippen LogP contribution >= 0.6 is 11.8 Å². The second-order valence-electron chi connectivity index (χ2n) is 5.61. The molecule has 1 unspecified atom stereocenters. The van der Waals surface area contributed by atoms with Crippen molar-refractivity contribution in [3.05, 3.63) is 53.8 Å². The van der Waals surface area contributed by atoms with Crippen LogP contribution in [-0.2, 0) is 4.79 Å². The molecule has 0 aliphatic carbocycles. The van der Waals surface area contributed by atoms with E-state index < -0.39 is 0 Å². The van der Waals surface area contributed by atoms with Crippen LogP contribution < -0.4 is 14.8 Å². The van der Waals surface area contributed by atoms with E-state index in [9.17, 15) is 9.18 Å². The molecule has 2 aromatic carbocycles. The number of thioether (sulfide) groups is 1. The molecule has 0 fully saturated rings. The van der Waals surface area contributed by atoms with Gasteiger partial charge in [-0.3, -0.25) is 4.79 Å². The number of halogens is 1. The molecular formula is C19H20FNO3S. The molecule has 3 rings (SSSR count).